The van der Waals surface area contributed by atoms with Crippen LogP contribution in [0.15, 0.2) is 97.7 Å². The quantitative estimate of drug-likeness (QED) is 0.735. The van der Waals surface area contributed by atoms with Crippen molar-refractivity contribution in [3.05, 3.63) is 120 Å². The summed E-state index contributed by atoms with van der Waals surface area (Å²) in [6.07, 6.45) is 14.5. The maximum atomic E-state index is 13.6. The lowest BCUT2D eigenvalue weighted by Gasteiger charge is -2.43. The Bertz CT molecular complexity index is 932. The fraction of sp³-hybridized carbons (Fsp3) is 0.130. The highest BCUT2D eigenvalue weighted by molar-refractivity contribution is 5.40. The molecule has 1 N–H and O–H groups in total. The molecule has 140 valence electrons. The van der Waals surface area contributed by atoms with Gasteiger partial charge in [0.2, 0.25) is 0 Å². The standard InChI is InChI=1S/C23H20FN3O/c24-21-10-8-18(9-11-21)22(27-14-2-1-3-15-27)23(28,19-6-4-12-25-16-19)20-7-5-13-26-17-20/h1-14,16-17,22,28H,15H2. The van der Waals surface area contributed by atoms with Crippen LogP contribution in [0.5, 0.6) is 0 Å². The normalized spacial score (nSPS) is 14.9. The van der Waals surface area contributed by atoms with Gasteiger partial charge in [0.25, 0.3) is 0 Å². The van der Waals surface area contributed by atoms with E-state index < -0.39 is 11.6 Å². The Kier molecular flexibility index (Phi) is 5.00. The number of hydrogen-bond donors (Lipinski definition) is 1. The summed E-state index contributed by atoms with van der Waals surface area (Å²) in [5.41, 5.74) is 0.618. The minimum absolute atomic E-state index is 0.317. The van der Waals surface area contributed by atoms with E-state index in [1.165, 1.54) is 12.1 Å². The van der Waals surface area contributed by atoms with Gasteiger partial charge in [0, 0.05) is 48.7 Å². The van der Waals surface area contributed by atoms with Crippen molar-refractivity contribution in [1.82, 2.24) is 14.9 Å². The van der Waals surface area contributed by atoms with Crippen molar-refractivity contribution in [2.24, 2.45) is 0 Å². The molecule has 0 bridgehead atoms. The number of aliphatic hydroxyl groups is 1. The molecular weight excluding hydrogens is 353 g/mol. The zero-order chi connectivity index (χ0) is 19.4. The Morgan fingerprint density at radius 2 is 1.57 bits per heavy atom. The molecule has 28 heavy (non-hydrogen) atoms. The maximum absolute atomic E-state index is 13.6. The largest absolute Gasteiger partial charge is 0.378 e. The number of nitrogens with zero attached hydrogens (tertiary/aromatic N) is 3. The van der Waals surface area contributed by atoms with Crippen LogP contribution in [0, 0.1) is 5.82 Å². The van der Waals surface area contributed by atoms with Crippen molar-refractivity contribution < 1.29 is 9.50 Å². The topological polar surface area (TPSA) is 49.3 Å². The number of benzene rings is 1. The van der Waals surface area contributed by atoms with Crippen LogP contribution in [0.25, 0.3) is 0 Å². The summed E-state index contributed by atoms with van der Waals surface area (Å²) in [7, 11) is 0. The van der Waals surface area contributed by atoms with Crippen molar-refractivity contribution in [2.45, 2.75) is 11.6 Å². The molecule has 0 saturated heterocycles. The summed E-state index contributed by atoms with van der Waals surface area (Å²) in [5, 5.41) is 12.2. The van der Waals surface area contributed by atoms with E-state index in [1.54, 1.807) is 49.1 Å². The minimum atomic E-state index is -1.45. The lowest BCUT2D eigenvalue weighted by Crippen LogP contribution is -2.44. The van der Waals surface area contributed by atoms with Gasteiger partial charge in [-0.05, 0) is 35.9 Å². The van der Waals surface area contributed by atoms with E-state index in [1.807, 2.05) is 41.5 Å². The molecule has 0 amide bonds. The Labute approximate surface area is 163 Å². The highest BCUT2D eigenvalue weighted by Crippen LogP contribution is 2.44. The summed E-state index contributed by atoms with van der Waals surface area (Å²) in [6, 6.07) is 13.0. The van der Waals surface area contributed by atoms with Crippen molar-refractivity contribution >= 4 is 0 Å². The number of halogens is 1. The molecule has 4 nitrogen and oxygen atoms in total. The average molecular weight is 373 g/mol. The fourth-order valence-electron chi connectivity index (χ4n) is 3.65. The first-order chi connectivity index (χ1) is 13.7. The van der Waals surface area contributed by atoms with E-state index >= 15 is 0 Å². The third-order valence-electron chi connectivity index (χ3n) is 4.96. The van der Waals surface area contributed by atoms with E-state index in [2.05, 4.69) is 9.97 Å². The second kappa shape index (κ2) is 7.74. The third-order valence-corrected chi connectivity index (χ3v) is 4.96. The van der Waals surface area contributed by atoms with E-state index in [0.717, 1.165) is 5.56 Å². The minimum Gasteiger partial charge on any atom is -0.378 e. The Balaban J connectivity index is 1.94. The van der Waals surface area contributed by atoms with Crippen molar-refractivity contribution in [3.63, 3.8) is 0 Å². The number of rotatable bonds is 5. The number of pyridine rings is 2. The van der Waals surface area contributed by atoms with Gasteiger partial charge < -0.3 is 10.0 Å². The molecule has 1 aliphatic heterocycles. The SMILES string of the molecule is OC(c1cccnc1)(c1cccnc1)C(c1ccc(F)cc1)N1C=CC=CC1. The van der Waals surface area contributed by atoms with Crippen molar-refractivity contribution in [3.8, 4) is 0 Å². The molecule has 0 saturated carbocycles. The van der Waals surface area contributed by atoms with Gasteiger partial charge in [-0.2, -0.15) is 0 Å². The molecule has 2 aromatic heterocycles. The molecule has 3 aromatic rings. The van der Waals surface area contributed by atoms with Gasteiger partial charge in [-0.1, -0.05) is 36.4 Å². The molecule has 3 heterocycles. The van der Waals surface area contributed by atoms with Gasteiger partial charge in [0.05, 0.1) is 6.04 Å². The zero-order valence-electron chi connectivity index (χ0n) is 15.2. The van der Waals surface area contributed by atoms with Crippen LogP contribution in [0.2, 0.25) is 0 Å². The highest BCUT2D eigenvalue weighted by Gasteiger charge is 2.44. The summed E-state index contributed by atoms with van der Waals surface area (Å²) in [4.78, 5) is 10.5. The molecule has 1 unspecified atom stereocenters. The molecule has 0 radical (unpaired) electrons. The third kappa shape index (κ3) is 3.32. The van der Waals surface area contributed by atoms with Crippen LogP contribution in [-0.4, -0.2) is 26.5 Å². The summed E-state index contributed by atoms with van der Waals surface area (Å²) >= 11 is 0. The second-order valence-corrected chi connectivity index (χ2v) is 6.67. The first kappa shape index (κ1) is 18.1. The molecule has 0 fully saturated rings. The Hall–Kier alpha value is -3.31. The molecular formula is C23H20FN3O. The van der Waals surface area contributed by atoms with Gasteiger partial charge >= 0.3 is 0 Å². The van der Waals surface area contributed by atoms with Crippen LogP contribution in [0.1, 0.15) is 22.7 Å². The molecule has 5 heteroatoms. The van der Waals surface area contributed by atoms with Crippen LogP contribution in [-0.2, 0) is 5.60 Å². The van der Waals surface area contributed by atoms with Crippen LogP contribution in [0.3, 0.4) is 0 Å². The molecule has 1 aliphatic rings. The zero-order valence-corrected chi connectivity index (χ0v) is 15.2. The van der Waals surface area contributed by atoms with Crippen molar-refractivity contribution in [1.29, 1.82) is 0 Å². The lowest BCUT2D eigenvalue weighted by molar-refractivity contribution is -0.00335. The Morgan fingerprint density at radius 1 is 0.929 bits per heavy atom. The summed E-state index contributed by atoms with van der Waals surface area (Å²) in [6.45, 7) is 0.612. The van der Waals surface area contributed by atoms with E-state index in [0.29, 0.717) is 17.7 Å². The van der Waals surface area contributed by atoms with Crippen LogP contribution in [0.4, 0.5) is 4.39 Å². The monoisotopic (exact) mass is 373 g/mol. The van der Waals surface area contributed by atoms with Crippen LogP contribution < -0.4 is 0 Å². The predicted molar refractivity (Wildman–Crippen MR) is 106 cm³/mol. The van der Waals surface area contributed by atoms with E-state index in [-0.39, 0.29) is 5.82 Å². The molecule has 4 rings (SSSR count). The summed E-state index contributed by atoms with van der Waals surface area (Å²) < 4.78 is 13.6. The van der Waals surface area contributed by atoms with Gasteiger partial charge in [-0.25, -0.2) is 4.39 Å². The number of hydrogen-bond acceptors (Lipinski definition) is 4. The van der Waals surface area contributed by atoms with Crippen LogP contribution >= 0.6 is 0 Å². The number of allylic oxidation sites excluding steroid dienone is 2. The lowest BCUT2D eigenvalue weighted by atomic mass is 9.77. The molecule has 1 aromatic carbocycles. The first-order valence-corrected chi connectivity index (χ1v) is 9.07. The van der Waals surface area contributed by atoms with Gasteiger partial charge in [-0.3, -0.25) is 9.97 Å². The fourth-order valence-corrected chi connectivity index (χ4v) is 3.65. The second-order valence-electron chi connectivity index (χ2n) is 6.67. The molecule has 0 spiro atoms. The van der Waals surface area contributed by atoms with E-state index in [4.69, 9.17) is 0 Å². The van der Waals surface area contributed by atoms with Crippen molar-refractivity contribution in [2.75, 3.05) is 6.54 Å². The van der Waals surface area contributed by atoms with Gasteiger partial charge in [0.15, 0.2) is 0 Å². The van der Waals surface area contributed by atoms with E-state index in [9.17, 15) is 9.50 Å². The highest BCUT2D eigenvalue weighted by atomic mass is 19.1. The first-order valence-electron chi connectivity index (χ1n) is 9.07. The predicted octanol–water partition coefficient (Wildman–Crippen LogP) is 3.98. The number of aromatic nitrogens is 2. The van der Waals surface area contributed by atoms with Gasteiger partial charge in [-0.15, -0.1) is 0 Å². The molecule has 1 atom stereocenters. The van der Waals surface area contributed by atoms with Gasteiger partial charge in [0.1, 0.15) is 11.4 Å². The summed E-state index contributed by atoms with van der Waals surface area (Å²) in [5.74, 6) is -0.317. The average Bonchev–Trinajstić information content (AvgIpc) is 2.77. The molecule has 0 aliphatic carbocycles. The maximum Gasteiger partial charge on any atom is 0.142 e. The smallest absolute Gasteiger partial charge is 0.142 e. The Morgan fingerprint density at radius 3 is 2.07 bits per heavy atom.